The highest BCUT2D eigenvalue weighted by molar-refractivity contribution is 5.80. The van der Waals surface area contributed by atoms with Crippen LogP contribution in [-0.2, 0) is 29.2 Å². The quantitative estimate of drug-likeness (QED) is 0.786. The van der Waals surface area contributed by atoms with E-state index in [9.17, 15) is 4.79 Å². The van der Waals surface area contributed by atoms with Crippen LogP contribution in [0.5, 0.6) is 0 Å². The minimum Gasteiger partial charge on any atom is -0.377 e. The van der Waals surface area contributed by atoms with E-state index < -0.39 is 0 Å². The maximum atomic E-state index is 12.9. The van der Waals surface area contributed by atoms with Crippen LogP contribution in [0.15, 0.2) is 34.9 Å². The van der Waals surface area contributed by atoms with Gasteiger partial charge < -0.3 is 14.2 Å². The predicted molar refractivity (Wildman–Crippen MR) is 93.8 cm³/mol. The number of hydrogen-bond donors (Lipinski definition) is 0. The molecular weight excluding hydrogens is 332 g/mol. The first-order valence-corrected chi connectivity index (χ1v) is 9.10. The van der Waals surface area contributed by atoms with Gasteiger partial charge in [-0.3, -0.25) is 9.69 Å². The van der Waals surface area contributed by atoms with Crippen LogP contribution in [0.3, 0.4) is 0 Å². The van der Waals surface area contributed by atoms with Gasteiger partial charge in [0.05, 0.1) is 12.5 Å². The molecule has 7 nitrogen and oxygen atoms in total. The molecule has 0 spiro atoms. The molecule has 3 aliphatic rings. The number of amides is 1. The number of methoxy groups -OCH3 is 1. The fourth-order valence-electron chi connectivity index (χ4n) is 3.98. The molecule has 2 aromatic rings. The fourth-order valence-corrected chi connectivity index (χ4v) is 3.98. The van der Waals surface area contributed by atoms with Gasteiger partial charge in [-0.1, -0.05) is 35.5 Å². The van der Waals surface area contributed by atoms with Crippen molar-refractivity contribution in [1.82, 2.24) is 19.9 Å². The van der Waals surface area contributed by atoms with Crippen LogP contribution in [0, 0.1) is 5.92 Å². The Hall–Kier alpha value is -2.25. The second-order valence-corrected chi connectivity index (χ2v) is 7.11. The standard InChI is InChI=1S/C19H24N4O3/c1-25-13-17-20-18(26-21-17)12-22-10-15-7-8-16(11-22)23(19(15)24)9-14-5-3-2-4-6-14/h2-6,15-16H,7-13H2,1H3/t15-,16+/m0/s1. The first-order chi connectivity index (χ1) is 12.7. The molecule has 0 radical (unpaired) electrons. The zero-order valence-corrected chi connectivity index (χ0v) is 15.0. The lowest BCUT2D eigenvalue weighted by Crippen LogP contribution is -2.47. The minimum atomic E-state index is 0.0545. The van der Waals surface area contributed by atoms with Crippen molar-refractivity contribution in [3.05, 3.63) is 47.6 Å². The largest absolute Gasteiger partial charge is 0.377 e. The van der Waals surface area contributed by atoms with Crippen LogP contribution in [0.2, 0.25) is 0 Å². The fraction of sp³-hybridized carbons (Fsp3) is 0.526. The van der Waals surface area contributed by atoms with Crippen molar-refractivity contribution >= 4 is 5.91 Å². The van der Waals surface area contributed by atoms with Crippen molar-refractivity contribution in [2.24, 2.45) is 5.92 Å². The molecule has 0 saturated carbocycles. The number of ether oxygens (including phenoxy) is 1. The second-order valence-electron chi connectivity index (χ2n) is 7.11. The maximum absolute atomic E-state index is 12.9. The average molecular weight is 356 g/mol. The first-order valence-electron chi connectivity index (χ1n) is 9.10. The van der Waals surface area contributed by atoms with Crippen LogP contribution in [-0.4, -0.2) is 52.1 Å². The maximum Gasteiger partial charge on any atom is 0.240 e. The van der Waals surface area contributed by atoms with Crippen LogP contribution in [0.1, 0.15) is 30.1 Å². The molecule has 3 aliphatic heterocycles. The number of carbonyl (C=O) groups is 1. The smallest absolute Gasteiger partial charge is 0.240 e. The Balaban J connectivity index is 1.45. The van der Waals surface area contributed by atoms with E-state index in [2.05, 4.69) is 32.1 Å². The molecule has 0 unspecified atom stereocenters. The predicted octanol–water partition coefficient (Wildman–Crippen LogP) is 1.84. The number of rotatable bonds is 6. The van der Waals surface area contributed by atoms with Crippen LogP contribution in [0.25, 0.3) is 0 Å². The van der Waals surface area contributed by atoms with Crippen molar-refractivity contribution < 1.29 is 14.1 Å². The van der Waals surface area contributed by atoms with E-state index in [-0.39, 0.29) is 17.9 Å². The van der Waals surface area contributed by atoms with Crippen molar-refractivity contribution in [1.29, 1.82) is 0 Å². The second kappa shape index (κ2) is 7.55. The highest BCUT2D eigenvalue weighted by atomic mass is 16.5. The van der Waals surface area contributed by atoms with E-state index >= 15 is 0 Å². The number of hydrogen-bond acceptors (Lipinski definition) is 6. The summed E-state index contributed by atoms with van der Waals surface area (Å²) in [6, 6.07) is 10.5. The minimum absolute atomic E-state index is 0.0545. The molecule has 1 amide bonds. The summed E-state index contributed by atoms with van der Waals surface area (Å²) in [5, 5.41) is 3.92. The molecule has 2 bridgehead atoms. The van der Waals surface area contributed by atoms with Crippen molar-refractivity contribution in [3.63, 3.8) is 0 Å². The molecule has 0 aliphatic carbocycles. The highest BCUT2D eigenvalue weighted by Crippen LogP contribution is 2.31. The lowest BCUT2D eigenvalue weighted by atomic mass is 9.93. The summed E-state index contributed by atoms with van der Waals surface area (Å²) in [5.41, 5.74) is 1.18. The number of benzene rings is 1. The lowest BCUT2D eigenvalue weighted by molar-refractivity contribution is -0.140. The zero-order valence-electron chi connectivity index (χ0n) is 15.0. The summed E-state index contributed by atoms with van der Waals surface area (Å²) >= 11 is 0. The monoisotopic (exact) mass is 356 g/mol. The van der Waals surface area contributed by atoms with E-state index in [1.807, 2.05) is 18.2 Å². The Labute approximate surface area is 152 Å². The summed E-state index contributed by atoms with van der Waals surface area (Å²) in [6.07, 6.45) is 2.02. The summed E-state index contributed by atoms with van der Waals surface area (Å²) < 4.78 is 10.3. The van der Waals surface area contributed by atoms with Gasteiger partial charge in [0.15, 0.2) is 5.82 Å². The Kier molecular flexibility index (Phi) is 4.99. The van der Waals surface area contributed by atoms with Gasteiger partial charge in [0, 0.05) is 32.8 Å². The highest BCUT2D eigenvalue weighted by Gasteiger charge is 2.40. The average Bonchev–Trinajstić information content (AvgIpc) is 2.92. The van der Waals surface area contributed by atoms with Crippen molar-refractivity contribution in [2.45, 2.75) is 38.6 Å². The van der Waals surface area contributed by atoms with Gasteiger partial charge in [0.2, 0.25) is 11.8 Å². The number of fused-ring (bicyclic) bond motifs is 4. The van der Waals surface area contributed by atoms with Crippen LogP contribution >= 0.6 is 0 Å². The van der Waals surface area contributed by atoms with Gasteiger partial charge in [-0.05, 0) is 18.4 Å². The normalized spacial score (nSPS) is 23.4. The summed E-state index contributed by atoms with van der Waals surface area (Å²) in [6.45, 7) is 3.21. The van der Waals surface area contributed by atoms with Gasteiger partial charge >= 0.3 is 0 Å². The molecule has 4 heterocycles. The van der Waals surface area contributed by atoms with E-state index in [0.717, 1.165) is 25.9 Å². The van der Waals surface area contributed by atoms with Crippen LogP contribution in [0.4, 0.5) is 0 Å². The van der Waals surface area contributed by atoms with E-state index in [1.54, 1.807) is 7.11 Å². The van der Waals surface area contributed by atoms with Gasteiger partial charge in [-0.15, -0.1) is 0 Å². The molecule has 1 aromatic carbocycles. The Bertz CT molecular complexity index is 748. The van der Waals surface area contributed by atoms with Gasteiger partial charge in [-0.2, -0.15) is 4.98 Å². The molecule has 7 heteroatoms. The Morgan fingerprint density at radius 1 is 1.19 bits per heavy atom. The zero-order chi connectivity index (χ0) is 17.9. The summed E-state index contributed by atoms with van der Waals surface area (Å²) in [7, 11) is 1.61. The van der Waals surface area contributed by atoms with E-state index in [4.69, 9.17) is 9.26 Å². The summed E-state index contributed by atoms with van der Waals surface area (Å²) in [4.78, 5) is 21.6. The molecular formula is C19H24N4O3. The van der Waals surface area contributed by atoms with Crippen molar-refractivity contribution in [3.8, 4) is 0 Å². The van der Waals surface area contributed by atoms with E-state index in [1.165, 1.54) is 5.56 Å². The third-order valence-electron chi connectivity index (χ3n) is 5.21. The molecule has 5 rings (SSSR count). The number of piperidine rings is 1. The SMILES string of the molecule is COCc1noc(CN2C[C@@H]3CC[C@H](C2)N(Cc2ccccc2)C3=O)n1. The van der Waals surface area contributed by atoms with Gasteiger partial charge in [0.1, 0.15) is 6.61 Å². The molecule has 3 saturated heterocycles. The Morgan fingerprint density at radius 3 is 2.85 bits per heavy atom. The van der Waals surface area contributed by atoms with Gasteiger partial charge in [0.25, 0.3) is 0 Å². The van der Waals surface area contributed by atoms with Crippen molar-refractivity contribution in [2.75, 3.05) is 20.2 Å². The molecule has 3 fully saturated rings. The Morgan fingerprint density at radius 2 is 2.04 bits per heavy atom. The van der Waals surface area contributed by atoms with E-state index in [0.29, 0.717) is 31.4 Å². The molecule has 26 heavy (non-hydrogen) atoms. The third kappa shape index (κ3) is 3.64. The first kappa shape index (κ1) is 17.2. The third-order valence-corrected chi connectivity index (χ3v) is 5.21. The van der Waals surface area contributed by atoms with Gasteiger partial charge in [-0.25, -0.2) is 0 Å². The molecule has 1 aromatic heterocycles. The number of aromatic nitrogens is 2. The number of nitrogens with zero attached hydrogens (tertiary/aromatic N) is 4. The molecule has 0 N–H and O–H groups in total. The lowest BCUT2D eigenvalue weighted by Gasteiger charge is -2.36. The number of carbonyl (C=O) groups excluding carboxylic acids is 1. The summed E-state index contributed by atoms with van der Waals surface area (Å²) in [5.74, 6) is 1.47. The topological polar surface area (TPSA) is 71.7 Å². The van der Waals surface area contributed by atoms with Crippen LogP contribution < -0.4 is 0 Å². The molecule has 138 valence electrons. The molecule has 2 atom stereocenters.